The largest absolute Gasteiger partial charge is 0.497 e. The number of methoxy groups -OCH3 is 1. The number of nitrogens with zero attached hydrogens (tertiary/aromatic N) is 4. The summed E-state index contributed by atoms with van der Waals surface area (Å²) < 4.78 is 7.26. The van der Waals surface area contributed by atoms with E-state index >= 15 is 0 Å². The van der Waals surface area contributed by atoms with Crippen LogP contribution >= 0.6 is 0 Å². The quantitative estimate of drug-likeness (QED) is 0.802. The maximum Gasteiger partial charge on any atom is 0.163 e. The van der Waals surface area contributed by atoms with Crippen molar-refractivity contribution in [2.75, 3.05) is 7.11 Å². The van der Waals surface area contributed by atoms with Crippen LogP contribution in [0.25, 0.3) is 5.69 Å². The molecule has 0 saturated heterocycles. The Morgan fingerprint density at radius 2 is 1.96 bits per heavy atom. The molecule has 0 bridgehead atoms. The van der Waals surface area contributed by atoms with Crippen molar-refractivity contribution in [3.8, 4) is 11.4 Å². The van der Waals surface area contributed by atoms with Crippen LogP contribution in [0.15, 0.2) is 53.5 Å². The van der Waals surface area contributed by atoms with E-state index in [-0.39, 0.29) is 6.61 Å². The molecular weight excluding hydrogens is 304 g/mol. The van der Waals surface area contributed by atoms with Gasteiger partial charge < -0.3 is 9.84 Å². The summed E-state index contributed by atoms with van der Waals surface area (Å²) in [5.74, 6) is 1.96. The van der Waals surface area contributed by atoms with Gasteiger partial charge in [-0.2, -0.15) is 0 Å². The van der Waals surface area contributed by atoms with Gasteiger partial charge in [0, 0.05) is 11.1 Å². The number of ether oxygens (including phenoxy) is 1. The number of hydrogen-bond acceptors (Lipinski definition) is 5. The molecule has 0 aliphatic carbocycles. The number of aliphatic hydroxyl groups excluding tert-OH is 1. The molecular formula is C18H16N4O2. The maximum absolute atomic E-state index is 9.60. The third kappa shape index (κ3) is 2.28. The minimum absolute atomic E-state index is 0.181. The van der Waals surface area contributed by atoms with E-state index in [1.165, 1.54) is 0 Å². The zero-order valence-corrected chi connectivity index (χ0v) is 13.2. The van der Waals surface area contributed by atoms with Crippen LogP contribution in [-0.4, -0.2) is 32.7 Å². The molecule has 0 radical (unpaired) electrons. The second kappa shape index (κ2) is 5.90. The molecule has 6 heteroatoms. The van der Waals surface area contributed by atoms with Gasteiger partial charge in [-0.1, -0.05) is 30.3 Å². The summed E-state index contributed by atoms with van der Waals surface area (Å²) in [4.78, 5) is 4.76. The van der Waals surface area contributed by atoms with E-state index in [9.17, 15) is 5.11 Å². The van der Waals surface area contributed by atoms with Crippen molar-refractivity contribution in [1.29, 1.82) is 0 Å². The van der Waals surface area contributed by atoms with E-state index in [0.29, 0.717) is 18.2 Å². The lowest BCUT2D eigenvalue weighted by Crippen LogP contribution is -2.09. The molecule has 1 aromatic heterocycles. The minimum Gasteiger partial charge on any atom is -0.497 e. The zero-order valence-electron chi connectivity index (χ0n) is 13.2. The van der Waals surface area contributed by atoms with Crippen molar-refractivity contribution >= 4 is 5.71 Å². The Morgan fingerprint density at radius 1 is 1.12 bits per heavy atom. The van der Waals surface area contributed by atoms with Gasteiger partial charge in [0.15, 0.2) is 11.6 Å². The average Bonchev–Trinajstić information content (AvgIpc) is 2.98. The van der Waals surface area contributed by atoms with Gasteiger partial charge in [-0.15, -0.1) is 10.2 Å². The molecule has 1 aliphatic heterocycles. The third-order valence-corrected chi connectivity index (χ3v) is 4.06. The van der Waals surface area contributed by atoms with Gasteiger partial charge in [-0.25, -0.2) is 0 Å². The van der Waals surface area contributed by atoms with Gasteiger partial charge in [0.2, 0.25) is 0 Å². The number of rotatable bonds is 3. The molecule has 0 saturated carbocycles. The number of fused-ring (bicyclic) bond motifs is 3. The molecule has 3 aromatic rings. The van der Waals surface area contributed by atoms with E-state index in [1.54, 1.807) is 7.11 Å². The van der Waals surface area contributed by atoms with E-state index in [4.69, 9.17) is 9.73 Å². The molecule has 0 atom stereocenters. The van der Waals surface area contributed by atoms with Crippen LogP contribution in [-0.2, 0) is 13.2 Å². The third-order valence-electron chi connectivity index (χ3n) is 4.06. The smallest absolute Gasteiger partial charge is 0.163 e. The molecule has 2 heterocycles. The Morgan fingerprint density at radius 3 is 2.71 bits per heavy atom. The number of aliphatic hydroxyl groups is 1. The van der Waals surface area contributed by atoms with Gasteiger partial charge in [-0.3, -0.25) is 9.56 Å². The number of aromatic nitrogens is 3. The van der Waals surface area contributed by atoms with Crippen molar-refractivity contribution in [3.63, 3.8) is 0 Å². The first-order valence-electron chi connectivity index (χ1n) is 7.64. The summed E-state index contributed by atoms with van der Waals surface area (Å²) >= 11 is 0. The van der Waals surface area contributed by atoms with Crippen LogP contribution < -0.4 is 4.74 Å². The van der Waals surface area contributed by atoms with E-state index in [0.717, 1.165) is 28.3 Å². The normalized spacial score (nSPS) is 12.8. The highest BCUT2D eigenvalue weighted by Gasteiger charge is 2.23. The molecule has 6 nitrogen and oxygen atoms in total. The molecule has 120 valence electrons. The molecule has 4 rings (SSSR count). The van der Waals surface area contributed by atoms with E-state index in [2.05, 4.69) is 10.2 Å². The van der Waals surface area contributed by atoms with Gasteiger partial charge in [-0.05, 0) is 18.2 Å². The molecule has 1 aliphatic rings. The molecule has 0 fully saturated rings. The number of hydrogen-bond donors (Lipinski definition) is 1. The van der Waals surface area contributed by atoms with Gasteiger partial charge in [0.25, 0.3) is 0 Å². The van der Waals surface area contributed by atoms with Crippen LogP contribution in [0.2, 0.25) is 0 Å². The highest BCUT2D eigenvalue weighted by molar-refractivity contribution is 6.15. The van der Waals surface area contributed by atoms with Crippen molar-refractivity contribution < 1.29 is 9.84 Å². The highest BCUT2D eigenvalue weighted by Crippen LogP contribution is 2.28. The first-order valence-corrected chi connectivity index (χ1v) is 7.64. The Balaban J connectivity index is 1.99. The fourth-order valence-corrected chi connectivity index (χ4v) is 2.94. The molecule has 2 aromatic carbocycles. The van der Waals surface area contributed by atoms with Crippen molar-refractivity contribution in [2.24, 2.45) is 4.99 Å². The lowest BCUT2D eigenvalue weighted by atomic mass is 10.00. The Kier molecular flexibility index (Phi) is 3.59. The van der Waals surface area contributed by atoms with Crippen molar-refractivity contribution in [3.05, 3.63) is 71.3 Å². The molecule has 1 N–H and O–H groups in total. The zero-order chi connectivity index (χ0) is 16.5. The van der Waals surface area contributed by atoms with Crippen LogP contribution in [0.1, 0.15) is 22.8 Å². The van der Waals surface area contributed by atoms with Gasteiger partial charge >= 0.3 is 0 Å². The molecule has 0 unspecified atom stereocenters. The van der Waals surface area contributed by atoms with Gasteiger partial charge in [0.05, 0.1) is 18.5 Å². The number of benzene rings is 2. The van der Waals surface area contributed by atoms with Crippen molar-refractivity contribution in [2.45, 2.75) is 13.2 Å². The Bertz CT molecular complexity index is 916. The van der Waals surface area contributed by atoms with Crippen LogP contribution in [0.3, 0.4) is 0 Å². The Labute approximate surface area is 139 Å². The van der Waals surface area contributed by atoms with Crippen LogP contribution in [0, 0.1) is 0 Å². The maximum atomic E-state index is 9.60. The Hall–Kier alpha value is -2.99. The summed E-state index contributed by atoms with van der Waals surface area (Å²) in [5, 5.41) is 17.8. The molecule has 0 amide bonds. The first kappa shape index (κ1) is 14.6. The van der Waals surface area contributed by atoms with E-state index in [1.807, 2.05) is 53.1 Å². The minimum atomic E-state index is -0.181. The summed E-state index contributed by atoms with van der Waals surface area (Å²) in [6.07, 6.45) is 0. The lowest BCUT2D eigenvalue weighted by Gasteiger charge is -2.14. The monoisotopic (exact) mass is 320 g/mol. The topological polar surface area (TPSA) is 72.5 Å². The van der Waals surface area contributed by atoms with Gasteiger partial charge in [0.1, 0.15) is 18.9 Å². The van der Waals surface area contributed by atoms with Crippen LogP contribution in [0.5, 0.6) is 5.75 Å². The second-order valence-electron chi connectivity index (χ2n) is 5.44. The first-order chi connectivity index (χ1) is 11.8. The average molecular weight is 320 g/mol. The highest BCUT2D eigenvalue weighted by atomic mass is 16.5. The predicted octanol–water partition coefficient (Wildman–Crippen LogP) is 2.12. The fourth-order valence-electron chi connectivity index (χ4n) is 2.94. The van der Waals surface area contributed by atoms with Crippen LogP contribution in [0.4, 0.5) is 0 Å². The second-order valence-corrected chi connectivity index (χ2v) is 5.44. The van der Waals surface area contributed by atoms with Crippen molar-refractivity contribution in [1.82, 2.24) is 14.8 Å². The SMILES string of the molecule is COc1ccc2c(c1)C(c1ccccc1)=NCc1nnc(CO)n1-2. The standard InChI is InChI=1S/C18H16N4O2/c1-24-13-7-8-15-14(9-13)18(12-5-3-2-4-6-12)19-10-16-20-21-17(11-23)22(15)16/h2-9,23H,10-11H2,1H3. The summed E-state index contributed by atoms with van der Waals surface area (Å²) in [6.45, 7) is 0.216. The van der Waals surface area contributed by atoms with E-state index < -0.39 is 0 Å². The number of aliphatic imine (C=N–C) groups is 1. The molecule has 0 spiro atoms. The summed E-state index contributed by atoms with van der Waals surface area (Å²) in [7, 11) is 1.64. The lowest BCUT2D eigenvalue weighted by molar-refractivity contribution is 0.268. The molecule has 24 heavy (non-hydrogen) atoms. The summed E-state index contributed by atoms with van der Waals surface area (Å²) in [5.41, 5.74) is 3.71. The predicted molar refractivity (Wildman–Crippen MR) is 89.6 cm³/mol. The summed E-state index contributed by atoms with van der Waals surface area (Å²) in [6, 6.07) is 15.8. The fraction of sp³-hybridized carbons (Fsp3) is 0.167.